The number of carbonyl (C=O) groups excluding carboxylic acids is 6. The summed E-state index contributed by atoms with van der Waals surface area (Å²) in [6, 6.07) is 9.77. The van der Waals surface area contributed by atoms with Gasteiger partial charge in [-0.25, -0.2) is 0 Å². The van der Waals surface area contributed by atoms with Crippen molar-refractivity contribution in [3.63, 3.8) is 0 Å². The first-order valence-electron chi connectivity index (χ1n) is 31.5. The lowest BCUT2D eigenvalue weighted by Gasteiger charge is -2.47. The van der Waals surface area contributed by atoms with E-state index < -0.39 is 205 Å². The average Bonchev–Trinajstić information content (AvgIpc) is 0.777. The first-order chi connectivity index (χ1) is 46.3. The van der Waals surface area contributed by atoms with E-state index in [1.165, 1.54) is 86.8 Å². The molecule has 2 fully saturated rings. The number of hydrogen-bond acceptors (Lipinski definition) is 24. The van der Waals surface area contributed by atoms with Crippen LogP contribution < -0.4 is 52.3 Å². The van der Waals surface area contributed by atoms with E-state index in [2.05, 4.69) is 26.6 Å². The first-order valence-corrected chi connectivity index (χ1v) is 32.6. The number of ketones is 1. The van der Waals surface area contributed by atoms with Crippen LogP contribution in [0.25, 0.3) is 11.1 Å². The van der Waals surface area contributed by atoms with Gasteiger partial charge in [-0.3, -0.25) is 28.8 Å². The molecular weight excluding hydrogens is 1340 g/mol. The molecular formula is C67H77Cl2N7O21S. The molecule has 11 bridgehead atoms. The zero-order chi connectivity index (χ0) is 71.1. The molecule has 2 saturated heterocycles. The van der Waals surface area contributed by atoms with E-state index in [9.17, 15) is 65.1 Å². The van der Waals surface area contributed by atoms with Crippen LogP contribution in [0.1, 0.15) is 112 Å². The molecule has 526 valence electrons. The molecule has 17 atom stereocenters. The molecule has 0 radical (unpaired) electrons. The third-order valence-corrected chi connectivity index (χ3v) is 19.0. The highest BCUT2D eigenvalue weighted by molar-refractivity contribution is 7.80. The van der Waals surface area contributed by atoms with Gasteiger partial charge in [0, 0.05) is 52.9 Å². The Kier molecular flexibility index (Phi) is 22.3. The van der Waals surface area contributed by atoms with Gasteiger partial charge in [0.25, 0.3) is 0 Å². The number of ether oxygens (including phenoxy) is 6. The maximum Gasteiger partial charge on any atom is 0.246 e. The Hall–Kier alpha value is -7.85. The van der Waals surface area contributed by atoms with Crippen LogP contribution >= 0.6 is 35.4 Å². The minimum absolute atomic E-state index is 0.0179. The smallest absolute Gasteiger partial charge is 0.246 e. The largest absolute Gasteiger partial charge is 0.508 e. The maximum absolute atomic E-state index is 15.6. The maximum atomic E-state index is 15.6. The summed E-state index contributed by atoms with van der Waals surface area (Å²) in [6.07, 6.45) is -18.6. The second-order valence-corrected chi connectivity index (χ2v) is 27.1. The van der Waals surface area contributed by atoms with E-state index in [4.69, 9.17) is 75.3 Å². The summed E-state index contributed by atoms with van der Waals surface area (Å²) in [4.78, 5) is 87.5. The summed E-state index contributed by atoms with van der Waals surface area (Å²) in [5.74, 6) is -12.4. The van der Waals surface area contributed by atoms with Gasteiger partial charge >= 0.3 is 0 Å². The van der Waals surface area contributed by atoms with E-state index in [1.54, 1.807) is 6.92 Å². The Labute approximate surface area is 576 Å². The highest BCUT2D eigenvalue weighted by Crippen LogP contribution is 2.50. The van der Waals surface area contributed by atoms with E-state index in [0.29, 0.717) is 0 Å². The number of nitrogens with two attached hydrogens (primary N) is 2. The lowest BCUT2D eigenvalue weighted by Crippen LogP contribution is -2.64. The molecule has 0 aromatic heterocycles. The minimum atomic E-state index is -1.98. The molecule has 7 aliphatic rings. The van der Waals surface area contributed by atoms with Gasteiger partial charge in [-0.05, 0) is 122 Å². The number of thiocarbonyl (C=S) groups is 1. The number of aromatic hydroxyl groups is 3. The van der Waals surface area contributed by atoms with E-state index in [1.807, 2.05) is 13.8 Å². The second-order valence-electron chi connectivity index (χ2n) is 25.8. The number of phenolic OH excluding ortho intramolecular Hbond substituents is 3. The lowest BCUT2D eigenvalue weighted by molar-refractivity contribution is -0.333. The zero-order valence-corrected chi connectivity index (χ0v) is 55.8. The SMILES string of the molecule is CN[C@H](CC(C)C)C(=O)N[C@H]1C(=O)N[C@@H](CC(N)=O)C(=O)N[C@H]2C(=S)C[C@@H]3C(=O)C[C@H](C(=O)NCc4cc(O)cc(O)c4-c4cc3ccc4O)[C@H](O)c3ccc(c(Cl)c3)Oc3cc2cc(c3O[C@@H]2OC(CO)C(O)[C@H](O)[C@H]2O[C@H]2CC(C)(N)[C@H](O)[C@H](C)O2)Oc2ccc(cc2Cl)[C@H]1O. The van der Waals surface area contributed by atoms with Crippen molar-refractivity contribution in [3.8, 4) is 57.1 Å². The molecule has 31 heteroatoms. The van der Waals surface area contributed by atoms with Gasteiger partial charge < -0.3 is 112 Å². The fraction of sp³-hybridized carbons (Fsp3) is 0.448. The van der Waals surface area contributed by atoms with E-state index >= 15 is 9.59 Å². The molecule has 0 saturated carbocycles. The molecule has 28 nitrogen and oxygen atoms in total. The number of amides is 5. The quantitative estimate of drug-likeness (QED) is 0.0797. The topological polar surface area (TPSA) is 452 Å². The zero-order valence-electron chi connectivity index (χ0n) is 53.5. The first kappa shape index (κ1) is 72.9. The van der Waals surface area contributed by atoms with Crippen LogP contribution in [0.5, 0.6) is 46.0 Å². The molecule has 98 heavy (non-hydrogen) atoms. The van der Waals surface area contributed by atoms with Gasteiger partial charge in [0.15, 0.2) is 23.9 Å². The van der Waals surface area contributed by atoms with Gasteiger partial charge in [-0.15, -0.1) is 0 Å². The van der Waals surface area contributed by atoms with Crippen molar-refractivity contribution in [1.29, 1.82) is 0 Å². The van der Waals surface area contributed by atoms with Crippen molar-refractivity contribution >= 4 is 75.6 Å². The number of likely N-dealkylation sites (N-methyl/N-ethyl adjacent to an activating group) is 1. The number of halogens is 2. The second kappa shape index (κ2) is 29.9. The number of benzene rings is 5. The summed E-state index contributed by atoms with van der Waals surface area (Å²) in [5, 5.41) is 116. The van der Waals surface area contributed by atoms with Crippen LogP contribution in [0.15, 0.2) is 78.9 Å². The number of phenols is 3. The lowest BCUT2D eigenvalue weighted by atomic mass is 9.80. The van der Waals surface area contributed by atoms with Crippen molar-refractivity contribution < 1.29 is 103 Å². The number of Topliss-reactive ketones (excluding diaryl/α,β-unsaturated/α-hetero) is 1. The van der Waals surface area contributed by atoms with Gasteiger partial charge in [0.05, 0.1) is 59.4 Å². The number of aliphatic hydroxyl groups is 6. The average molecular weight is 1420 g/mol. The molecule has 7 heterocycles. The Morgan fingerprint density at radius 1 is 0.786 bits per heavy atom. The van der Waals surface area contributed by atoms with Gasteiger partial charge in [-0.1, -0.05) is 67.5 Å². The fourth-order valence-corrected chi connectivity index (χ4v) is 13.6. The predicted molar refractivity (Wildman–Crippen MR) is 353 cm³/mol. The monoisotopic (exact) mass is 1420 g/mol. The van der Waals surface area contributed by atoms with E-state index in [-0.39, 0.29) is 84.1 Å². The summed E-state index contributed by atoms with van der Waals surface area (Å²) < 4.78 is 38.8. The van der Waals surface area contributed by atoms with Crippen molar-refractivity contribution in [2.75, 3.05) is 13.7 Å². The number of fused-ring (bicyclic) bond motifs is 15. The normalized spacial score (nSPS) is 29.4. The molecule has 5 aromatic carbocycles. The van der Waals surface area contributed by atoms with Crippen molar-refractivity contribution in [2.45, 2.75) is 163 Å². The third kappa shape index (κ3) is 15.6. The number of nitrogens with one attached hydrogen (secondary N) is 5. The van der Waals surface area contributed by atoms with Crippen LogP contribution in [0, 0.1) is 11.8 Å². The summed E-state index contributed by atoms with van der Waals surface area (Å²) >= 11 is 20.6. The summed E-state index contributed by atoms with van der Waals surface area (Å²) in [5.41, 5.74) is 10.8. The number of hydrogen-bond donors (Lipinski definition) is 16. The van der Waals surface area contributed by atoms with Crippen LogP contribution in [-0.4, -0.2) is 173 Å². The molecule has 7 aliphatic heterocycles. The number of aliphatic hydroxyl groups excluding tert-OH is 6. The molecule has 3 unspecified atom stereocenters. The van der Waals surface area contributed by atoms with Crippen molar-refractivity contribution in [2.24, 2.45) is 23.3 Å². The minimum Gasteiger partial charge on any atom is -0.508 e. The molecule has 5 aromatic rings. The Bertz CT molecular complexity index is 3920. The van der Waals surface area contributed by atoms with E-state index in [0.717, 1.165) is 6.07 Å². The van der Waals surface area contributed by atoms with Crippen LogP contribution in [0.3, 0.4) is 0 Å². The fourth-order valence-electron chi connectivity index (χ4n) is 12.8. The number of carbonyl (C=O) groups is 6. The Balaban J connectivity index is 1.23. The molecule has 0 aliphatic carbocycles. The number of primary amides is 1. The molecule has 18 N–H and O–H groups in total. The van der Waals surface area contributed by atoms with Crippen molar-refractivity contribution in [3.05, 3.63) is 117 Å². The molecule has 5 amide bonds. The number of rotatable bonds is 12. The highest BCUT2D eigenvalue weighted by Gasteiger charge is 2.51. The van der Waals surface area contributed by atoms with Gasteiger partial charge in [0.2, 0.25) is 41.6 Å². The predicted octanol–water partition coefficient (Wildman–Crippen LogP) is 3.26. The standard InChI is InChI=1S/C67H77Cl2N7O21S/c1-26(2)12-39(72-5)63(89)76-54-56(84)30-8-11-45(38(69)16-30)94-47-18-31-17-46(59(47)97-66-60(58(86)57(85)48(25-77)95-66)96-51-23-67(4,71)61(87)27(3)92-51)93-44-10-7-29(15-37(44)68)55(83)36-20-42(80)34(21-49(98)53(31)75-64(90)40(22-50(70)82)74-65(54)91)28-6-9-41(79)35(14-28)52-32(24-73-62(36)88)13-33(78)19-43(52)81/h6-11,13-19,26-27,34,36,39-40,48,51,53-58,60-61,66,72,77-79,81,83-87H,12,20-25,71H2,1-5H3,(H2,70,82)(H,73,88)(H,74,91)(H,75,90)(H,76,89)/t27-,34-,36-,39+,40-,48?,51-,53+,54+,55+,56+,57?,58-,60+,61+,66-,67?/m0/s1. The highest BCUT2D eigenvalue weighted by atomic mass is 35.5. The van der Waals surface area contributed by atoms with Gasteiger partial charge in [0.1, 0.15) is 71.0 Å². The Morgan fingerprint density at radius 3 is 2.03 bits per heavy atom. The Morgan fingerprint density at radius 2 is 1.43 bits per heavy atom. The van der Waals surface area contributed by atoms with Crippen LogP contribution in [-0.2, 0) is 49.5 Å². The molecule has 12 rings (SSSR count). The van der Waals surface area contributed by atoms with Crippen molar-refractivity contribution in [1.82, 2.24) is 26.6 Å². The van der Waals surface area contributed by atoms with Crippen LogP contribution in [0.4, 0.5) is 0 Å². The van der Waals surface area contributed by atoms with Gasteiger partial charge in [-0.2, -0.15) is 0 Å². The molecule has 0 spiro atoms. The summed E-state index contributed by atoms with van der Waals surface area (Å²) in [6.45, 7) is 5.46. The summed E-state index contributed by atoms with van der Waals surface area (Å²) in [7, 11) is 1.51. The van der Waals surface area contributed by atoms with Crippen LogP contribution in [0.2, 0.25) is 10.0 Å². The third-order valence-electron chi connectivity index (χ3n) is 18.0.